The molecular formula is C16H14BrClN2S. The van der Waals surface area contributed by atoms with Crippen LogP contribution in [0.3, 0.4) is 0 Å². The molecule has 0 spiro atoms. The highest BCUT2D eigenvalue weighted by molar-refractivity contribution is 9.11. The molecule has 2 heterocycles. The third-order valence-electron chi connectivity index (χ3n) is 3.31. The van der Waals surface area contributed by atoms with Crippen molar-refractivity contribution >= 4 is 55.5 Å². The highest BCUT2D eigenvalue weighted by Gasteiger charge is 2.11. The first-order chi connectivity index (χ1) is 10.2. The van der Waals surface area contributed by atoms with Crippen molar-refractivity contribution in [2.24, 2.45) is 0 Å². The Kier molecular flexibility index (Phi) is 4.48. The van der Waals surface area contributed by atoms with E-state index in [1.54, 1.807) is 11.3 Å². The zero-order chi connectivity index (χ0) is 14.8. The molecule has 21 heavy (non-hydrogen) atoms. The number of nitrogens with zero attached hydrogens (tertiary/aromatic N) is 2. The third kappa shape index (κ3) is 3.23. The van der Waals surface area contributed by atoms with E-state index in [0.29, 0.717) is 5.88 Å². The van der Waals surface area contributed by atoms with Crippen LogP contribution in [0.2, 0.25) is 0 Å². The second kappa shape index (κ2) is 6.34. The van der Waals surface area contributed by atoms with E-state index in [9.17, 15) is 0 Å². The van der Waals surface area contributed by atoms with Crippen molar-refractivity contribution in [3.8, 4) is 0 Å². The maximum Gasteiger partial charge on any atom is 0.136 e. The smallest absolute Gasteiger partial charge is 0.136 e. The number of pyridine rings is 1. The molecule has 0 fully saturated rings. The number of hydrogen-bond acceptors (Lipinski definition) is 3. The van der Waals surface area contributed by atoms with Crippen molar-refractivity contribution in [3.63, 3.8) is 0 Å². The summed E-state index contributed by atoms with van der Waals surface area (Å²) >= 11 is 11.2. The molecule has 3 aromatic rings. The standard InChI is InChI=1S/C16H14BrClN2S/c1-20(9-11-6-15(17)21-10-11)16-14-5-3-2-4-12(14)7-13(8-18)19-16/h2-7,10H,8-9H2,1H3. The zero-order valence-corrected chi connectivity index (χ0v) is 14.7. The van der Waals surface area contributed by atoms with Crippen LogP contribution >= 0.6 is 38.9 Å². The topological polar surface area (TPSA) is 16.1 Å². The Morgan fingerprint density at radius 3 is 2.81 bits per heavy atom. The number of aromatic nitrogens is 1. The summed E-state index contributed by atoms with van der Waals surface area (Å²) < 4.78 is 1.15. The summed E-state index contributed by atoms with van der Waals surface area (Å²) in [7, 11) is 2.07. The number of hydrogen-bond donors (Lipinski definition) is 0. The average Bonchev–Trinajstić information content (AvgIpc) is 2.91. The molecule has 0 radical (unpaired) electrons. The number of benzene rings is 1. The number of anilines is 1. The van der Waals surface area contributed by atoms with Gasteiger partial charge in [0.2, 0.25) is 0 Å². The number of thiophene rings is 1. The second-order valence-electron chi connectivity index (χ2n) is 4.91. The maximum atomic E-state index is 5.98. The van der Waals surface area contributed by atoms with Gasteiger partial charge in [-0.25, -0.2) is 4.98 Å². The normalized spacial score (nSPS) is 11.0. The van der Waals surface area contributed by atoms with Gasteiger partial charge >= 0.3 is 0 Å². The van der Waals surface area contributed by atoms with Crippen LogP contribution in [-0.2, 0) is 12.4 Å². The lowest BCUT2D eigenvalue weighted by molar-refractivity contribution is 0.902. The van der Waals surface area contributed by atoms with Crippen LogP contribution in [0.15, 0.2) is 45.6 Å². The van der Waals surface area contributed by atoms with Gasteiger partial charge in [0.15, 0.2) is 0 Å². The SMILES string of the molecule is CN(Cc1csc(Br)c1)c1nc(CCl)cc2ccccc12. The van der Waals surface area contributed by atoms with Crippen molar-refractivity contribution in [1.29, 1.82) is 0 Å². The number of alkyl halides is 1. The van der Waals surface area contributed by atoms with E-state index >= 15 is 0 Å². The molecule has 0 atom stereocenters. The average molecular weight is 382 g/mol. The Balaban J connectivity index is 2.01. The first-order valence-electron chi connectivity index (χ1n) is 6.56. The number of fused-ring (bicyclic) bond motifs is 1. The molecule has 0 amide bonds. The number of rotatable bonds is 4. The molecule has 0 unspecified atom stereocenters. The van der Waals surface area contributed by atoms with Crippen molar-refractivity contribution in [1.82, 2.24) is 4.98 Å². The lowest BCUT2D eigenvalue weighted by atomic mass is 10.1. The summed E-state index contributed by atoms with van der Waals surface area (Å²) in [4.78, 5) is 6.88. The van der Waals surface area contributed by atoms with Gasteiger partial charge < -0.3 is 4.90 Å². The predicted octanol–water partition coefficient (Wildman–Crippen LogP) is 5.43. The van der Waals surface area contributed by atoms with Gasteiger partial charge in [-0.1, -0.05) is 24.3 Å². The molecule has 2 nitrogen and oxygen atoms in total. The predicted molar refractivity (Wildman–Crippen MR) is 95.4 cm³/mol. The molecule has 0 N–H and O–H groups in total. The van der Waals surface area contributed by atoms with Gasteiger partial charge in [-0.05, 0) is 44.4 Å². The molecule has 0 aliphatic rings. The fourth-order valence-corrected chi connectivity index (χ4v) is 3.71. The first-order valence-corrected chi connectivity index (χ1v) is 8.77. The van der Waals surface area contributed by atoms with Crippen molar-refractivity contribution < 1.29 is 0 Å². The van der Waals surface area contributed by atoms with Crippen LogP contribution in [-0.4, -0.2) is 12.0 Å². The van der Waals surface area contributed by atoms with Crippen molar-refractivity contribution in [3.05, 3.63) is 56.8 Å². The molecule has 5 heteroatoms. The zero-order valence-electron chi connectivity index (χ0n) is 11.5. The van der Waals surface area contributed by atoms with Crippen LogP contribution in [0.5, 0.6) is 0 Å². The molecular weight excluding hydrogens is 368 g/mol. The summed E-state index contributed by atoms with van der Waals surface area (Å²) in [5, 5.41) is 4.49. The molecule has 0 aliphatic heterocycles. The fraction of sp³-hybridized carbons (Fsp3) is 0.188. The fourth-order valence-electron chi connectivity index (χ4n) is 2.37. The van der Waals surface area contributed by atoms with Crippen LogP contribution in [0, 0.1) is 0 Å². The van der Waals surface area contributed by atoms with Crippen LogP contribution in [0.1, 0.15) is 11.3 Å². The van der Waals surface area contributed by atoms with Gasteiger partial charge in [0, 0.05) is 19.0 Å². The monoisotopic (exact) mass is 380 g/mol. The van der Waals surface area contributed by atoms with Crippen molar-refractivity contribution in [2.75, 3.05) is 11.9 Å². The van der Waals surface area contributed by atoms with Gasteiger partial charge in [-0.2, -0.15) is 0 Å². The summed E-state index contributed by atoms with van der Waals surface area (Å²) in [6, 6.07) is 12.5. The highest BCUT2D eigenvalue weighted by atomic mass is 79.9. The van der Waals surface area contributed by atoms with E-state index in [4.69, 9.17) is 16.6 Å². The van der Waals surface area contributed by atoms with E-state index < -0.39 is 0 Å². The molecule has 0 bridgehead atoms. The summed E-state index contributed by atoms with van der Waals surface area (Å²) in [5.41, 5.74) is 2.18. The lowest BCUT2D eigenvalue weighted by Gasteiger charge is -2.20. The van der Waals surface area contributed by atoms with Crippen LogP contribution < -0.4 is 4.90 Å². The Labute approximate surface area is 141 Å². The maximum absolute atomic E-state index is 5.98. The van der Waals surface area contributed by atoms with Gasteiger partial charge in [0.05, 0.1) is 15.4 Å². The molecule has 0 saturated heterocycles. The molecule has 108 valence electrons. The molecule has 1 aromatic carbocycles. The van der Waals surface area contributed by atoms with E-state index in [1.807, 2.05) is 12.1 Å². The minimum atomic E-state index is 0.426. The Morgan fingerprint density at radius 1 is 1.29 bits per heavy atom. The van der Waals surface area contributed by atoms with E-state index in [-0.39, 0.29) is 0 Å². The van der Waals surface area contributed by atoms with Crippen LogP contribution in [0.4, 0.5) is 5.82 Å². The Hall–Kier alpha value is -1.10. The molecule has 0 aliphatic carbocycles. The van der Waals surface area contributed by atoms with Gasteiger partial charge in [0.1, 0.15) is 5.82 Å². The van der Waals surface area contributed by atoms with Gasteiger partial charge in [0.25, 0.3) is 0 Å². The lowest BCUT2D eigenvalue weighted by Crippen LogP contribution is -2.18. The van der Waals surface area contributed by atoms with E-state index in [2.05, 4.69) is 57.5 Å². The summed E-state index contributed by atoms with van der Waals surface area (Å²) in [6.45, 7) is 0.824. The van der Waals surface area contributed by atoms with E-state index in [1.165, 1.54) is 10.9 Å². The second-order valence-corrected chi connectivity index (χ2v) is 7.46. The van der Waals surface area contributed by atoms with Gasteiger partial charge in [-0.3, -0.25) is 0 Å². The minimum Gasteiger partial charge on any atom is -0.355 e. The Bertz CT molecular complexity index is 772. The summed E-state index contributed by atoms with van der Waals surface area (Å²) in [6.07, 6.45) is 0. The van der Waals surface area contributed by atoms with E-state index in [0.717, 1.165) is 27.2 Å². The largest absolute Gasteiger partial charge is 0.355 e. The third-order valence-corrected chi connectivity index (χ3v) is 5.14. The summed E-state index contributed by atoms with van der Waals surface area (Å²) in [5.74, 6) is 1.40. The molecule has 0 saturated carbocycles. The number of halogens is 2. The Morgan fingerprint density at radius 2 is 2.10 bits per heavy atom. The first kappa shape index (κ1) is 14.8. The van der Waals surface area contributed by atoms with Crippen molar-refractivity contribution in [2.45, 2.75) is 12.4 Å². The molecule has 2 aromatic heterocycles. The highest BCUT2D eigenvalue weighted by Crippen LogP contribution is 2.28. The minimum absolute atomic E-state index is 0.426. The van der Waals surface area contributed by atoms with Gasteiger partial charge in [-0.15, -0.1) is 22.9 Å². The quantitative estimate of drug-likeness (QED) is 0.560. The molecule has 3 rings (SSSR count). The van der Waals surface area contributed by atoms with Crippen LogP contribution in [0.25, 0.3) is 10.8 Å².